The average Bonchev–Trinajstić information content (AvgIpc) is 3.30. The summed E-state index contributed by atoms with van der Waals surface area (Å²) in [4.78, 5) is 9.52. The normalized spacial score (nSPS) is 11.8. The molecule has 0 amide bonds. The number of hydrogen-bond acceptors (Lipinski definition) is 2. The van der Waals surface area contributed by atoms with Crippen molar-refractivity contribution in [2.24, 2.45) is 0 Å². The molecule has 0 radical (unpaired) electrons. The van der Waals surface area contributed by atoms with Gasteiger partial charge in [-0.3, -0.25) is 9.97 Å². The summed E-state index contributed by atoms with van der Waals surface area (Å²) >= 11 is 0. The van der Waals surface area contributed by atoms with Crippen LogP contribution in [0.1, 0.15) is 0 Å². The van der Waals surface area contributed by atoms with E-state index in [0.29, 0.717) is 0 Å². The van der Waals surface area contributed by atoms with E-state index < -0.39 is 0 Å². The van der Waals surface area contributed by atoms with Gasteiger partial charge in [0.25, 0.3) is 0 Å². The van der Waals surface area contributed by atoms with Crippen LogP contribution in [0.25, 0.3) is 71.2 Å². The molecule has 0 spiro atoms. The summed E-state index contributed by atoms with van der Waals surface area (Å²) in [5.41, 5.74) is 6.60. The number of hydrogen-bond donors (Lipinski definition) is 0. The molecule has 0 bridgehead atoms. The van der Waals surface area contributed by atoms with E-state index >= 15 is 0 Å². The summed E-state index contributed by atoms with van der Waals surface area (Å²) in [7, 11) is 0. The predicted octanol–water partition coefficient (Wildman–Crippen LogP) is 8.70. The number of benzene rings is 5. The zero-order valence-electron chi connectivity index (χ0n) is 20.0. The van der Waals surface area contributed by atoms with Gasteiger partial charge in [0.05, 0.1) is 22.2 Å². The fourth-order valence-electron chi connectivity index (χ4n) is 5.64. The second-order valence-electron chi connectivity index (χ2n) is 9.55. The molecule has 0 N–H and O–H groups in total. The maximum atomic E-state index is 4.80. The summed E-state index contributed by atoms with van der Waals surface area (Å²) < 4.78 is 2.37. The lowest BCUT2D eigenvalue weighted by Crippen LogP contribution is -1.95. The fourth-order valence-corrected chi connectivity index (χ4v) is 5.64. The first-order valence-corrected chi connectivity index (χ1v) is 12.5. The Morgan fingerprint density at radius 2 is 1.27 bits per heavy atom. The maximum Gasteiger partial charge on any atom is 0.0781 e. The highest BCUT2D eigenvalue weighted by molar-refractivity contribution is 6.11. The highest BCUT2D eigenvalue weighted by Crippen LogP contribution is 2.36. The lowest BCUT2D eigenvalue weighted by molar-refractivity contribution is 1.18. The lowest BCUT2D eigenvalue weighted by atomic mass is 10.0. The highest BCUT2D eigenvalue weighted by atomic mass is 15.0. The molecule has 0 fully saturated rings. The Kier molecular flexibility index (Phi) is 4.23. The molecule has 0 aliphatic carbocycles. The molecule has 3 aromatic heterocycles. The molecular formula is C34H21N3. The lowest BCUT2D eigenvalue weighted by Gasteiger charge is -2.11. The van der Waals surface area contributed by atoms with Crippen molar-refractivity contribution < 1.29 is 0 Å². The number of aromatic nitrogens is 3. The molecule has 3 heteroatoms. The minimum absolute atomic E-state index is 0.978. The van der Waals surface area contributed by atoms with Crippen molar-refractivity contribution in [2.45, 2.75) is 0 Å². The molecule has 0 saturated heterocycles. The number of rotatable bonds is 2. The van der Waals surface area contributed by atoms with Gasteiger partial charge in [-0.15, -0.1) is 0 Å². The van der Waals surface area contributed by atoms with Gasteiger partial charge in [0, 0.05) is 50.6 Å². The SMILES string of the molecule is c1ccc2cc(-c3ccc4c5ccccc5n(-c5ccc6ccc7cccnc7c6c5)c4c3)ncc2c1. The zero-order chi connectivity index (χ0) is 24.3. The van der Waals surface area contributed by atoms with E-state index in [9.17, 15) is 0 Å². The van der Waals surface area contributed by atoms with Gasteiger partial charge in [-0.2, -0.15) is 0 Å². The van der Waals surface area contributed by atoms with E-state index in [1.54, 1.807) is 0 Å². The molecule has 8 aromatic rings. The third kappa shape index (κ3) is 3.08. The summed E-state index contributed by atoms with van der Waals surface area (Å²) in [6, 6.07) is 41.0. The van der Waals surface area contributed by atoms with Crippen molar-refractivity contribution >= 4 is 54.3 Å². The third-order valence-electron chi connectivity index (χ3n) is 7.43. The van der Waals surface area contributed by atoms with Crippen LogP contribution in [0.5, 0.6) is 0 Å². The monoisotopic (exact) mass is 471 g/mol. The van der Waals surface area contributed by atoms with Crippen LogP contribution in [0.2, 0.25) is 0 Å². The highest BCUT2D eigenvalue weighted by Gasteiger charge is 2.14. The second kappa shape index (κ2) is 7.74. The molecule has 0 aliphatic rings. The quantitative estimate of drug-likeness (QED) is 0.236. The molecule has 3 nitrogen and oxygen atoms in total. The van der Waals surface area contributed by atoms with E-state index in [-0.39, 0.29) is 0 Å². The molecule has 0 aliphatic heterocycles. The Balaban J connectivity index is 1.42. The van der Waals surface area contributed by atoms with Gasteiger partial charge < -0.3 is 4.57 Å². The van der Waals surface area contributed by atoms with Gasteiger partial charge in [0.2, 0.25) is 0 Å². The van der Waals surface area contributed by atoms with Crippen LogP contribution >= 0.6 is 0 Å². The molecule has 0 unspecified atom stereocenters. The van der Waals surface area contributed by atoms with Crippen molar-refractivity contribution in [3.8, 4) is 16.9 Å². The number of pyridine rings is 2. The molecule has 8 rings (SSSR count). The third-order valence-corrected chi connectivity index (χ3v) is 7.43. The maximum absolute atomic E-state index is 4.80. The number of para-hydroxylation sites is 1. The average molecular weight is 472 g/mol. The summed E-state index contributed by atoms with van der Waals surface area (Å²) in [6.07, 6.45) is 3.84. The summed E-state index contributed by atoms with van der Waals surface area (Å²) in [5, 5.41) is 8.33. The first kappa shape index (κ1) is 20.2. The zero-order valence-corrected chi connectivity index (χ0v) is 20.0. The Bertz CT molecular complexity index is 2150. The molecule has 5 aromatic carbocycles. The Hall–Kier alpha value is -5.02. The Morgan fingerprint density at radius 1 is 0.486 bits per heavy atom. The van der Waals surface area contributed by atoms with E-state index in [4.69, 9.17) is 9.97 Å². The van der Waals surface area contributed by atoms with E-state index in [1.807, 2.05) is 18.5 Å². The molecule has 0 saturated carbocycles. The van der Waals surface area contributed by atoms with Crippen molar-refractivity contribution in [3.63, 3.8) is 0 Å². The van der Waals surface area contributed by atoms with Crippen LogP contribution in [0.3, 0.4) is 0 Å². The van der Waals surface area contributed by atoms with Crippen molar-refractivity contribution in [1.82, 2.24) is 14.5 Å². The van der Waals surface area contributed by atoms with Crippen LogP contribution in [0.4, 0.5) is 0 Å². The first-order chi connectivity index (χ1) is 18.3. The summed E-state index contributed by atoms with van der Waals surface area (Å²) in [6.45, 7) is 0. The topological polar surface area (TPSA) is 30.7 Å². The van der Waals surface area contributed by atoms with Crippen molar-refractivity contribution in [2.75, 3.05) is 0 Å². The van der Waals surface area contributed by atoms with E-state index in [1.165, 1.54) is 32.6 Å². The van der Waals surface area contributed by atoms with Crippen LogP contribution < -0.4 is 0 Å². The summed E-state index contributed by atoms with van der Waals surface area (Å²) in [5.74, 6) is 0. The van der Waals surface area contributed by atoms with E-state index in [0.717, 1.165) is 38.6 Å². The van der Waals surface area contributed by atoms with Crippen LogP contribution in [0, 0.1) is 0 Å². The van der Waals surface area contributed by atoms with Crippen molar-refractivity contribution in [3.05, 3.63) is 128 Å². The second-order valence-corrected chi connectivity index (χ2v) is 9.55. The molecule has 0 atom stereocenters. The molecule has 37 heavy (non-hydrogen) atoms. The van der Waals surface area contributed by atoms with Gasteiger partial charge in [0.1, 0.15) is 0 Å². The van der Waals surface area contributed by atoms with Crippen LogP contribution in [-0.4, -0.2) is 14.5 Å². The minimum atomic E-state index is 0.978. The van der Waals surface area contributed by atoms with Gasteiger partial charge in [-0.25, -0.2) is 0 Å². The molecule has 172 valence electrons. The number of nitrogens with zero attached hydrogens (tertiary/aromatic N) is 3. The minimum Gasteiger partial charge on any atom is -0.309 e. The van der Waals surface area contributed by atoms with Gasteiger partial charge in [0.15, 0.2) is 0 Å². The van der Waals surface area contributed by atoms with Gasteiger partial charge in [-0.1, -0.05) is 78.9 Å². The van der Waals surface area contributed by atoms with Gasteiger partial charge >= 0.3 is 0 Å². The van der Waals surface area contributed by atoms with Gasteiger partial charge in [-0.05, 0) is 47.2 Å². The predicted molar refractivity (Wildman–Crippen MR) is 154 cm³/mol. The standard InChI is InChI=1S/C34H21N3/c1-2-7-26-21-36-31(18-24(26)6-1)25-14-16-29-28-9-3-4-10-32(28)37(33(29)19-25)27-15-13-22-11-12-23-8-5-17-35-34(23)30(22)20-27/h1-21H. The van der Waals surface area contributed by atoms with E-state index in [2.05, 4.69) is 114 Å². The molecule has 3 heterocycles. The van der Waals surface area contributed by atoms with Crippen LogP contribution in [-0.2, 0) is 0 Å². The van der Waals surface area contributed by atoms with Crippen molar-refractivity contribution in [1.29, 1.82) is 0 Å². The van der Waals surface area contributed by atoms with Crippen LogP contribution in [0.15, 0.2) is 128 Å². The Labute approximate surface area is 213 Å². The number of fused-ring (bicyclic) bond motifs is 7. The fraction of sp³-hybridized carbons (Fsp3) is 0. The smallest absolute Gasteiger partial charge is 0.0781 e. The largest absolute Gasteiger partial charge is 0.309 e. The first-order valence-electron chi connectivity index (χ1n) is 12.5. The Morgan fingerprint density at radius 3 is 2.24 bits per heavy atom. The molecular weight excluding hydrogens is 450 g/mol.